The number of ether oxygens (including phenoxy) is 1. The van der Waals surface area contributed by atoms with Gasteiger partial charge in [0, 0.05) is 0 Å². The van der Waals surface area contributed by atoms with Gasteiger partial charge in [-0.15, -0.1) is 0 Å². The van der Waals surface area contributed by atoms with Gasteiger partial charge in [0.25, 0.3) is 0 Å². The summed E-state index contributed by atoms with van der Waals surface area (Å²) < 4.78 is 5.45. The zero-order valence-electron chi connectivity index (χ0n) is 12.4. The fourth-order valence-corrected chi connectivity index (χ4v) is 2.12. The molecule has 1 unspecified atom stereocenters. The van der Waals surface area contributed by atoms with Crippen LogP contribution in [0.15, 0.2) is 18.2 Å². The lowest BCUT2D eigenvalue weighted by Gasteiger charge is -2.26. The van der Waals surface area contributed by atoms with Gasteiger partial charge in [-0.1, -0.05) is 33.8 Å². The van der Waals surface area contributed by atoms with Crippen molar-refractivity contribution < 1.29 is 14.6 Å². The summed E-state index contributed by atoms with van der Waals surface area (Å²) in [5, 5.41) is 10.9. The molecule has 0 N–H and O–H groups in total. The summed E-state index contributed by atoms with van der Waals surface area (Å²) in [5.41, 5.74) is 2.50. The number of carboxylic acids is 1. The Hall–Kier alpha value is -1.51. The first-order valence-electron chi connectivity index (χ1n) is 6.80. The molecule has 19 heavy (non-hydrogen) atoms. The normalized spacial score (nSPS) is 13.1. The summed E-state index contributed by atoms with van der Waals surface area (Å²) in [6.45, 7) is 10.4. The van der Waals surface area contributed by atoms with Crippen molar-refractivity contribution in [3.8, 4) is 5.75 Å². The summed E-state index contributed by atoms with van der Waals surface area (Å²) >= 11 is 0. The van der Waals surface area contributed by atoms with Crippen molar-refractivity contribution in [1.82, 2.24) is 0 Å². The van der Waals surface area contributed by atoms with Gasteiger partial charge in [0.05, 0.1) is 5.97 Å². The van der Waals surface area contributed by atoms with E-state index in [-0.39, 0.29) is 5.41 Å². The van der Waals surface area contributed by atoms with E-state index in [1.165, 1.54) is 5.56 Å². The van der Waals surface area contributed by atoms with Crippen LogP contribution in [-0.2, 0) is 10.2 Å². The minimum Gasteiger partial charge on any atom is -0.546 e. The maximum atomic E-state index is 10.9. The predicted molar refractivity (Wildman–Crippen MR) is 74.2 cm³/mol. The summed E-state index contributed by atoms with van der Waals surface area (Å²) in [6.07, 6.45) is 0.554. The molecule has 106 valence electrons. The molecule has 0 spiro atoms. The second kappa shape index (κ2) is 6.09. The van der Waals surface area contributed by atoms with Gasteiger partial charge in [0.2, 0.25) is 0 Å². The largest absolute Gasteiger partial charge is 0.546 e. The molecule has 3 heteroatoms. The van der Waals surface area contributed by atoms with Crippen LogP contribution in [0.1, 0.15) is 51.7 Å². The Balaban J connectivity index is 2.97. The first-order chi connectivity index (χ1) is 8.81. The second-order valence-corrected chi connectivity index (χ2v) is 5.55. The lowest BCUT2D eigenvalue weighted by atomic mass is 9.80. The Morgan fingerprint density at radius 2 is 2.00 bits per heavy atom. The van der Waals surface area contributed by atoms with E-state index in [0.29, 0.717) is 12.2 Å². The highest BCUT2D eigenvalue weighted by Gasteiger charge is 2.20. The molecule has 0 saturated carbocycles. The van der Waals surface area contributed by atoms with E-state index < -0.39 is 12.1 Å². The number of carbonyl (C=O) groups is 1. The smallest absolute Gasteiger partial charge is 0.138 e. The molecule has 0 heterocycles. The zero-order chi connectivity index (χ0) is 14.6. The number of carbonyl (C=O) groups excluding carboxylic acids is 1. The molecule has 0 amide bonds. The Bertz CT molecular complexity index is 449. The predicted octanol–water partition coefficient (Wildman–Crippen LogP) is 2.59. The van der Waals surface area contributed by atoms with Crippen molar-refractivity contribution in [2.45, 2.75) is 59.0 Å². The second-order valence-electron chi connectivity index (χ2n) is 5.55. The van der Waals surface area contributed by atoms with E-state index in [2.05, 4.69) is 20.8 Å². The Labute approximate surface area is 115 Å². The average molecular weight is 263 g/mol. The Morgan fingerprint density at radius 1 is 1.37 bits per heavy atom. The number of aryl methyl sites for hydroxylation is 1. The topological polar surface area (TPSA) is 49.4 Å². The van der Waals surface area contributed by atoms with Gasteiger partial charge in [-0.05, 0) is 48.4 Å². The third kappa shape index (κ3) is 3.72. The van der Waals surface area contributed by atoms with Crippen LogP contribution in [0.4, 0.5) is 0 Å². The number of hydrogen-bond donors (Lipinski definition) is 0. The van der Waals surface area contributed by atoms with Crippen LogP contribution in [0.2, 0.25) is 0 Å². The third-order valence-corrected chi connectivity index (χ3v) is 3.72. The Kier molecular flexibility index (Phi) is 4.98. The van der Waals surface area contributed by atoms with Crippen LogP contribution in [0.25, 0.3) is 0 Å². The van der Waals surface area contributed by atoms with Crippen LogP contribution >= 0.6 is 0 Å². The van der Waals surface area contributed by atoms with Crippen LogP contribution in [0.3, 0.4) is 0 Å². The van der Waals surface area contributed by atoms with Gasteiger partial charge < -0.3 is 14.6 Å². The highest BCUT2D eigenvalue weighted by molar-refractivity contribution is 5.70. The van der Waals surface area contributed by atoms with Gasteiger partial charge in [0.15, 0.2) is 0 Å². The molecule has 0 fully saturated rings. The maximum Gasteiger partial charge on any atom is 0.138 e. The van der Waals surface area contributed by atoms with Gasteiger partial charge in [-0.2, -0.15) is 0 Å². The molecule has 1 aromatic carbocycles. The van der Waals surface area contributed by atoms with Gasteiger partial charge in [0.1, 0.15) is 11.9 Å². The summed E-state index contributed by atoms with van der Waals surface area (Å²) in [7, 11) is 0. The van der Waals surface area contributed by atoms with Crippen molar-refractivity contribution in [3.05, 3.63) is 29.3 Å². The lowest BCUT2D eigenvalue weighted by Crippen LogP contribution is -2.39. The van der Waals surface area contributed by atoms with Crippen molar-refractivity contribution in [3.63, 3.8) is 0 Å². The minimum absolute atomic E-state index is 0.112. The van der Waals surface area contributed by atoms with Crippen LogP contribution < -0.4 is 9.84 Å². The standard InChI is InChI=1S/C16H24O3/c1-6-14(15(17)18)19-12-8-9-13(11(3)10-12)16(4,5)7-2/h8-10,14H,6-7H2,1-5H3,(H,17,18)/p-1. The molecular weight excluding hydrogens is 240 g/mol. The Morgan fingerprint density at radius 3 is 2.42 bits per heavy atom. The number of carboxylic acid groups (broad SMARTS) is 1. The van der Waals surface area contributed by atoms with Crippen LogP contribution in [0.5, 0.6) is 5.75 Å². The van der Waals surface area contributed by atoms with E-state index in [9.17, 15) is 9.90 Å². The fourth-order valence-electron chi connectivity index (χ4n) is 2.12. The maximum absolute atomic E-state index is 10.9. The van der Waals surface area contributed by atoms with Gasteiger partial charge >= 0.3 is 0 Å². The van der Waals surface area contributed by atoms with Crippen molar-refractivity contribution >= 4 is 5.97 Å². The first-order valence-corrected chi connectivity index (χ1v) is 6.80. The van der Waals surface area contributed by atoms with Gasteiger partial charge in [-0.25, -0.2) is 0 Å². The van der Waals surface area contributed by atoms with Crippen molar-refractivity contribution in [2.24, 2.45) is 0 Å². The molecule has 3 nitrogen and oxygen atoms in total. The number of hydrogen-bond acceptors (Lipinski definition) is 3. The molecule has 0 saturated heterocycles. The lowest BCUT2D eigenvalue weighted by molar-refractivity contribution is -0.313. The molecular formula is C16H23O3-. The molecule has 0 aromatic heterocycles. The molecule has 0 radical (unpaired) electrons. The van der Waals surface area contributed by atoms with Crippen LogP contribution in [-0.4, -0.2) is 12.1 Å². The molecule has 0 aliphatic heterocycles. The van der Waals surface area contributed by atoms with E-state index in [0.717, 1.165) is 12.0 Å². The molecule has 1 aromatic rings. The quantitative estimate of drug-likeness (QED) is 0.792. The van der Waals surface area contributed by atoms with E-state index in [4.69, 9.17) is 4.74 Å². The third-order valence-electron chi connectivity index (χ3n) is 3.72. The zero-order valence-corrected chi connectivity index (χ0v) is 12.4. The van der Waals surface area contributed by atoms with E-state index in [1.807, 2.05) is 25.1 Å². The number of benzene rings is 1. The molecule has 0 bridgehead atoms. The summed E-state index contributed by atoms with van der Waals surface area (Å²) in [6, 6.07) is 5.76. The molecule has 0 aliphatic rings. The molecule has 1 rings (SSSR count). The van der Waals surface area contributed by atoms with Crippen LogP contribution in [0, 0.1) is 6.92 Å². The summed E-state index contributed by atoms with van der Waals surface area (Å²) in [4.78, 5) is 10.9. The van der Waals surface area contributed by atoms with Crippen molar-refractivity contribution in [1.29, 1.82) is 0 Å². The van der Waals surface area contributed by atoms with Crippen molar-refractivity contribution in [2.75, 3.05) is 0 Å². The fraction of sp³-hybridized carbons (Fsp3) is 0.562. The SMILES string of the molecule is CCC(Oc1ccc(C(C)(C)CC)c(C)c1)C(=O)[O-]. The van der Waals surface area contributed by atoms with E-state index >= 15 is 0 Å². The average Bonchev–Trinajstić information content (AvgIpc) is 2.35. The number of aliphatic carboxylic acids is 1. The molecule has 0 aliphatic carbocycles. The van der Waals surface area contributed by atoms with Gasteiger partial charge in [-0.3, -0.25) is 0 Å². The first kappa shape index (κ1) is 15.5. The highest BCUT2D eigenvalue weighted by atomic mass is 16.5. The minimum atomic E-state index is -1.17. The monoisotopic (exact) mass is 263 g/mol. The van der Waals surface area contributed by atoms with E-state index in [1.54, 1.807) is 6.92 Å². The number of rotatable bonds is 6. The highest BCUT2D eigenvalue weighted by Crippen LogP contribution is 2.31. The molecule has 1 atom stereocenters. The summed E-state index contributed by atoms with van der Waals surface area (Å²) in [5.74, 6) is -0.581.